The first kappa shape index (κ1) is 17.2. The van der Waals surface area contributed by atoms with Crippen LogP contribution in [0.5, 0.6) is 11.5 Å². The van der Waals surface area contributed by atoms with Crippen LogP contribution in [0.25, 0.3) is 0 Å². The highest BCUT2D eigenvalue weighted by Crippen LogP contribution is 2.24. The van der Waals surface area contributed by atoms with Crippen LogP contribution in [-0.2, 0) is 4.74 Å². The Balaban J connectivity index is 1.62. The van der Waals surface area contributed by atoms with Crippen molar-refractivity contribution in [2.45, 2.75) is 18.9 Å². The van der Waals surface area contributed by atoms with Crippen molar-refractivity contribution in [3.63, 3.8) is 0 Å². The zero-order valence-electron chi connectivity index (χ0n) is 13.3. The molecule has 2 aromatic carbocycles. The van der Waals surface area contributed by atoms with Gasteiger partial charge in [0.15, 0.2) is 0 Å². The maximum Gasteiger partial charge on any atom is 0.262 e. The van der Waals surface area contributed by atoms with Gasteiger partial charge < -0.3 is 19.9 Å². The number of phenolic OH excluding ortho intramolecular Hbond substituents is 1. The van der Waals surface area contributed by atoms with Gasteiger partial charge in [-0.1, -0.05) is 0 Å². The Hall–Kier alpha value is -2.67. The van der Waals surface area contributed by atoms with Gasteiger partial charge in [-0.05, 0) is 37.1 Å². The molecule has 1 unspecified atom stereocenters. The molecule has 5 nitrogen and oxygen atoms in total. The van der Waals surface area contributed by atoms with Crippen LogP contribution in [0.15, 0.2) is 36.4 Å². The molecule has 25 heavy (non-hydrogen) atoms. The maximum absolute atomic E-state index is 13.7. The van der Waals surface area contributed by atoms with E-state index in [9.17, 15) is 18.7 Å². The third-order valence-electron chi connectivity index (χ3n) is 3.83. The van der Waals surface area contributed by atoms with E-state index < -0.39 is 28.9 Å². The molecule has 1 amide bonds. The first-order valence-corrected chi connectivity index (χ1v) is 7.87. The van der Waals surface area contributed by atoms with Crippen LogP contribution < -0.4 is 10.1 Å². The minimum absolute atomic E-state index is 0.101. The van der Waals surface area contributed by atoms with Gasteiger partial charge in [0.1, 0.15) is 35.3 Å². The van der Waals surface area contributed by atoms with Crippen LogP contribution >= 0.6 is 0 Å². The summed E-state index contributed by atoms with van der Waals surface area (Å²) in [5, 5.41) is 12.0. The number of anilines is 1. The first-order valence-electron chi connectivity index (χ1n) is 7.87. The molecule has 2 N–H and O–H groups in total. The van der Waals surface area contributed by atoms with Crippen molar-refractivity contribution in [2.24, 2.45) is 0 Å². The van der Waals surface area contributed by atoms with Crippen molar-refractivity contribution in [3.8, 4) is 11.5 Å². The fourth-order valence-electron chi connectivity index (χ4n) is 2.58. The summed E-state index contributed by atoms with van der Waals surface area (Å²) in [5.41, 5.74) is -0.224. The number of hydrogen-bond donors (Lipinski definition) is 2. The number of carbonyl (C=O) groups is 1. The van der Waals surface area contributed by atoms with Crippen molar-refractivity contribution < 1.29 is 28.2 Å². The molecule has 1 saturated heterocycles. The Morgan fingerprint density at radius 1 is 1.28 bits per heavy atom. The summed E-state index contributed by atoms with van der Waals surface area (Å²) < 4.78 is 37.7. The molecule has 1 atom stereocenters. The molecule has 1 aliphatic heterocycles. The molecule has 7 heteroatoms. The highest BCUT2D eigenvalue weighted by atomic mass is 19.1. The van der Waals surface area contributed by atoms with Crippen molar-refractivity contribution in [1.82, 2.24) is 0 Å². The van der Waals surface area contributed by atoms with Gasteiger partial charge in [0.2, 0.25) is 0 Å². The summed E-state index contributed by atoms with van der Waals surface area (Å²) >= 11 is 0. The molecule has 0 spiro atoms. The normalized spacial score (nSPS) is 16.6. The molecule has 0 bridgehead atoms. The number of aromatic hydroxyl groups is 1. The van der Waals surface area contributed by atoms with Crippen LogP contribution in [-0.4, -0.2) is 30.3 Å². The number of carbonyl (C=O) groups excluding carboxylic acids is 1. The van der Waals surface area contributed by atoms with Gasteiger partial charge in [0.05, 0.1) is 6.10 Å². The van der Waals surface area contributed by atoms with Gasteiger partial charge in [0, 0.05) is 24.4 Å². The lowest BCUT2D eigenvalue weighted by Crippen LogP contribution is -2.16. The summed E-state index contributed by atoms with van der Waals surface area (Å²) in [7, 11) is 0. The summed E-state index contributed by atoms with van der Waals surface area (Å²) in [6, 6.07) is 7.70. The van der Waals surface area contributed by atoms with E-state index in [1.54, 1.807) is 24.3 Å². The van der Waals surface area contributed by atoms with Crippen molar-refractivity contribution in [1.29, 1.82) is 0 Å². The molecule has 2 aromatic rings. The summed E-state index contributed by atoms with van der Waals surface area (Å²) in [6.07, 6.45) is 2.11. The lowest BCUT2D eigenvalue weighted by Gasteiger charge is -2.12. The number of benzene rings is 2. The molecule has 1 heterocycles. The van der Waals surface area contributed by atoms with Gasteiger partial charge >= 0.3 is 0 Å². The zero-order chi connectivity index (χ0) is 17.8. The summed E-state index contributed by atoms with van der Waals surface area (Å²) in [6.45, 7) is 1.21. The number of rotatable bonds is 5. The lowest BCUT2D eigenvalue weighted by atomic mass is 10.1. The van der Waals surface area contributed by atoms with Crippen LogP contribution in [0.2, 0.25) is 0 Å². The lowest BCUT2D eigenvalue weighted by molar-refractivity contribution is 0.0679. The molecule has 0 radical (unpaired) electrons. The Morgan fingerprint density at radius 3 is 2.68 bits per heavy atom. The third-order valence-corrected chi connectivity index (χ3v) is 3.83. The van der Waals surface area contributed by atoms with Crippen LogP contribution in [0.4, 0.5) is 14.5 Å². The number of hydrogen-bond acceptors (Lipinski definition) is 4. The Bertz CT molecular complexity index is 735. The standard InChI is InChI=1S/C18H17F2NO4/c19-11-8-15(20)17(16(22)9-11)18(23)21-12-3-5-13(6-4-12)25-10-14-2-1-7-24-14/h3-6,8-9,14,22H,1-2,7,10H2,(H,21,23). The van der Waals surface area contributed by atoms with E-state index in [4.69, 9.17) is 9.47 Å². The second-order valence-electron chi connectivity index (χ2n) is 5.71. The second kappa shape index (κ2) is 7.48. The monoisotopic (exact) mass is 349 g/mol. The van der Waals surface area contributed by atoms with Gasteiger partial charge in [-0.3, -0.25) is 4.79 Å². The average molecular weight is 349 g/mol. The van der Waals surface area contributed by atoms with E-state index in [0.29, 0.717) is 30.2 Å². The van der Waals surface area contributed by atoms with Crippen LogP contribution in [0, 0.1) is 11.6 Å². The molecule has 0 aliphatic carbocycles. The van der Waals surface area contributed by atoms with E-state index >= 15 is 0 Å². The highest BCUT2D eigenvalue weighted by Gasteiger charge is 2.19. The molecular formula is C18H17F2NO4. The highest BCUT2D eigenvalue weighted by molar-refractivity contribution is 6.06. The van der Waals surface area contributed by atoms with E-state index in [-0.39, 0.29) is 6.10 Å². The number of amides is 1. The second-order valence-corrected chi connectivity index (χ2v) is 5.71. The summed E-state index contributed by atoms with van der Waals surface area (Å²) in [5.74, 6) is -3.11. The fourth-order valence-corrected chi connectivity index (χ4v) is 2.58. The summed E-state index contributed by atoms with van der Waals surface area (Å²) in [4.78, 5) is 12.1. The molecule has 1 fully saturated rings. The molecule has 3 rings (SSSR count). The topological polar surface area (TPSA) is 67.8 Å². The van der Waals surface area contributed by atoms with Gasteiger partial charge in [-0.15, -0.1) is 0 Å². The Labute approximate surface area is 143 Å². The zero-order valence-corrected chi connectivity index (χ0v) is 13.3. The van der Waals surface area contributed by atoms with E-state index in [2.05, 4.69) is 5.32 Å². The number of nitrogens with one attached hydrogen (secondary N) is 1. The minimum Gasteiger partial charge on any atom is -0.507 e. The molecule has 132 valence electrons. The third kappa shape index (κ3) is 4.24. The SMILES string of the molecule is O=C(Nc1ccc(OCC2CCCO2)cc1)c1c(O)cc(F)cc1F. The number of phenols is 1. The fraction of sp³-hybridized carbons (Fsp3) is 0.278. The van der Waals surface area contributed by atoms with E-state index in [1.165, 1.54) is 0 Å². The first-order chi connectivity index (χ1) is 12.0. The number of ether oxygens (including phenoxy) is 2. The predicted octanol–water partition coefficient (Wildman–Crippen LogP) is 3.48. The van der Waals surface area contributed by atoms with Crippen LogP contribution in [0.3, 0.4) is 0 Å². The quantitative estimate of drug-likeness (QED) is 0.867. The van der Waals surface area contributed by atoms with E-state index in [1.807, 2.05) is 0 Å². The van der Waals surface area contributed by atoms with Gasteiger partial charge in [0.25, 0.3) is 5.91 Å². The Kier molecular flexibility index (Phi) is 5.14. The number of halogens is 2. The Morgan fingerprint density at radius 2 is 2.04 bits per heavy atom. The van der Waals surface area contributed by atoms with Gasteiger partial charge in [-0.2, -0.15) is 0 Å². The van der Waals surface area contributed by atoms with Crippen LogP contribution in [0.1, 0.15) is 23.2 Å². The molecular weight excluding hydrogens is 332 g/mol. The largest absolute Gasteiger partial charge is 0.507 e. The average Bonchev–Trinajstić information content (AvgIpc) is 3.06. The van der Waals surface area contributed by atoms with E-state index in [0.717, 1.165) is 19.4 Å². The smallest absolute Gasteiger partial charge is 0.262 e. The molecule has 0 saturated carbocycles. The maximum atomic E-state index is 13.7. The van der Waals surface area contributed by atoms with Crippen molar-refractivity contribution in [3.05, 3.63) is 53.6 Å². The predicted molar refractivity (Wildman–Crippen MR) is 86.9 cm³/mol. The molecule has 1 aliphatic rings. The minimum atomic E-state index is -1.13. The van der Waals surface area contributed by atoms with Crippen molar-refractivity contribution in [2.75, 3.05) is 18.5 Å². The molecule has 0 aromatic heterocycles. The van der Waals surface area contributed by atoms with Crippen molar-refractivity contribution >= 4 is 11.6 Å². The van der Waals surface area contributed by atoms with Gasteiger partial charge in [-0.25, -0.2) is 8.78 Å².